The second kappa shape index (κ2) is 6.13. The maximum Gasteiger partial charge on any atom is 0.157 e. The lowest BCUT2D eigenvalue weighted by Crippen LogP contribution is -2.14. The van der Waals surface area contributed by atoms with Crippen LogP contribution in [0.3, 0.4) is 0 Å². The average Bonchev–Trinajstić information content (AvgIpc) is 2.98. The fourth-order valence-corrected chi connectivity index (χ4v) is 2.05. The fraction of sp³-hybridized carbons (Fsp3) is 0.533. The van der Waals surface area contributed by atoms with E-state index in [-0.39, 0.29) is 0 Å². The minimum atomic E-state index is 0.446. The average molecular weight is 275 g/mol. The van der Waals surface area contributed by atoms with Crippen molar-refractivity contribution in [3.05, 3.63) is 36.0 Å². The molecule has 2 heterocycles. The van der Waals surface area contributed by atoms with E-state index >= 15 is 0 Å². The van der Waals surface area contributed by atoms with Crippen LogP contribution in [0.1, 0.15) is 37.7 Å². The quantitative estimate of drug-likeness (QED) is 0.805. The number of nitrogens with zero attached hydrogens (tertiary/aromatic N) is 2. The number of hydrogen-bond donors (Lipinski definition) is 1. The van der Waals surface area contributed by atoms with Crippen LogP contribution in [0.25, 0.3) is 0 Å². The molecule has 0 saturated heterocycles. The highest BCUT2D eigenvalue weighted by Crippen LogP contribution is 2.20. The Kier molecular flexibility index (Phi) is 4.06. The predicted molar refractivity (Wildman–Crippen MR) is 75.4 cm³/mol. The van der Waals surface area contributed by atoms with Crippen molar-refractivity contribution in [3.63, 3.8) is 0 Å². The summed E-state index contributed by atoms with van der Waals surface area (Å²) in [6, 6.07) is 4.68. The molecule has 20 heavy (non-hydrogen) atoms. The fourth-order valence-electron chi connectivity index (χ4n) is 2.05. The summed E-state index contributed by atoms with van der Waals surface area (Å²) in [4.78, 5) is 0. The standard InChI is InChI=1S/C15H21N3O2/c1-2-7-18-10-15(9-17-18)19-11-14-6-5-13(20-14)8-16-12-3-4-12/h5-6,9-10,12,16H,2-4,7-8,11H2,1H3. The molecule has 0 radical (unpaired) electrons. The minimum absolute atomic E-state index is 0.446. The van der Waals surface area contributed by atoms with Crippen molar-refractivity contribution >= 4 is 0 Å². The Hall–Kier alpha value is -1.75. The normalized spacial score (nSPS) is 14.7. The molecule has 1 fully saturated rings. The highest BCUT2D eigenvalue weighted by Gasteiger charge is 2.20. The van der Waals surface area contributed by atoms with Gasteiger partial charge in [0, 0.05) is 12.6 Å². The summed E-state index contributed by atoms with van der Waals surface area (Å²) in [5.74, 6) is 2.60. The van der Waals surface area contributed by atoms with Gasteiger partial charge in [-0.15, -0.1) is 0 Å². The van der Waals surface area contributed by atoms with Gasteiger partial charge in [0.2, 0.25) is 0 Å². The summed E-state index contributed by atoms with van der Waals surface area (Å²) in [7, 11) is 0. The van der Waals surface area contributed by atoms with E-state index in [0.29, 0.717) is 12.6 Å². The molecule has 0 atom stereocenters. The summed E-state index contributed by atoms with van der Waals surface area (Å²) in [6.07, 6.45) is 7.31. The first-order valence-corrected chi connectivity index (χ1v) is 7.29. The van der Waals surface area contributed by atoms with Crippen LogP contribution in [0.5, 0.6) is 5.75 Å². The van der Waals surface area contributed by atoms with E-state index in [2.05, 4.69) is 17.3 Å². The first-order chi connectivity index (χ1) is 9.83. The summed E-state index contributed by atoms with van der Waals surface area (Å²) < 4.78 is 13.3. The number of nitrogens with one attached hydrogen (secondary N) is 1. The third-order valence-electron chi connectivity index (χ3n) is 3.30. The van der Waals surface area contributed by atoms with Gasteiger partial charge in [-0.05, 0) is 31.4 Å². The van der Waals surface area contributed by atoms with Crippen molar-refractivity contribution < 1.29 is 9.15 Å². The van der Waals surface area contributed by atoms with Crippen molar-refractivity contribution in [2.75, 3.05) is 0 Å². The third-order valence-corrected chi connectivity index (χ3v) is 3.30. The summed E-state index contributed by atoms with van der Waals surface area (Å²) >= 11 is 0. The lowest BCUT2D eigenvalue weighted by molar-refractivity contribution is 0.264. The molecule has 1 saturated carbocycles. The van der Waals surface area contributed by atoms with Gasteiger partial charge in [0.1, 0.15) is 18.1 Å². The van der Waals surface area contributed by atoms with E-state index in [1.807, 2.05) is 23.0 Å². The molecule has 5 nitrogen and oxygen atoms in total. The zero-order valence-corrected chi connectivity index (χ0v) is 11.8. The molecule has 2 aromatic heterocycles. The molecule has 1 aliphatic rings. The van der Waals surface area contributed by atoms with Crippen molar-refractivity contribution in [3.8, 4) is 5.75 Å². The first-order valence-electron chi connectivity index (χ1n) is 7.29. The van der Waals surface area contributed by atoms with Gasteiger partial charge in [-0.1, -0.05) is 6.92 Å². The van der Waals surface area contributed by atoms with Gasteiger partial charge < -0.3 is 14.5 Å². The Balaban J connectivity index is 1.46. The maximum absolute atomic E-state index is 5.72. The molecule has 1 aliphatic carbocycles. The second-order valence-electron chi connectivity index (χ2n) is 5.25. The van der Waals surface area contributed by atoms with Gasteiger partial charge >= 0.3 is 0 Å². The number of aromatic nitrogens is 2. The maximum atomic E-state index is 5.72. The Bertz CT molecular complexity index is 543. The Labute approximate surface area is 118 Å². The highest BCUT2D eigenvalue weighted by atomic mass is 16.5. The van der Waals surface area contributed by atoms with Crippen LogP contribution >= 0.6 is 0 Å². The van der Waals surface area contributed by atoms with E-state index in [1.165, 1.54) is 12.8 Å². The second-order valence-corrected chi connectivity index (χ2v) is 5.25. The number of hydrogen-bond acceptors (Lipinski definition) is 4. The third kappa shape index (κ3) is 3.63. The summed E-state index contributed by atoms with van der Waals surface area (Å²) in [6.45, 7) is 4.30. The lowest BCUT2D eigenvalue weighted by atomic mass is 10.4. The Morgan fingerprint density at radius 1 is 1.40 bits per heavy atom. The van der Waals surface area contributed by atoms with Crippen LogP contribution in [0.15, 0.2) is 28.9 Å². The number of rotatable bonds is 8. The van der Waals surface area contributed by atoms with E-state index in [4.69, 9.17) is 9.15 Å². The highest BCUT2D eigenvalue weighted by molar-refractivity contribution is 5.13. The van der Waals surface area contributed by atoms with Crippen LogP contribution in [-0.4, -0.2) is 15.8 Å². The topological polar surface area (TPSA) is 52.2 Å². The minimum Gasteiger partial charge on any atom is -0.482 e. The molecule has 0 aliphatic heterocycles. The molecule has 0 aromatic carbocycles. The van der Waals surface area contributed by atoms with Gasteiger partial charge in [-0.3, -0.25) is 4.68 Å². The molecular formula is C15H21N3O2. The van der Waals surface area contributed by atoms with Crippen LogP contribution in [0, 0.1) is 0 Å². The van der Waals surface area contributed by atoms with Crippen molar-refractivity contribution in [2.24, 2.45) is 0 Å². The number of ether oxygens (including phenoxy) is 1. The van der Waals surface area contributed by atoms with Crippen LogP contribution in [0.2, 0.25) is 0 Å². The Morgan fingerprint density at radius 3 is 3.05 bits per heavy atom. The number of furan rings is 1. The van der Waals surface area contributed by atoms with Gasteiger partial charge in [0.25, 0.3) is 0 Å². The molecule has 2 aromatic rings. The molecule has 108 valence electrons. The molecule has 1 N–H and O–H groups in total. The van der Waals surface area contributed by atoms with Gasteiger partial charge in [-0.2, -0.15) is 5.10 Å². The van der Waals surface area contributed by atoms with Gasteiger partial charge in [-0.25, -0.2) is 0 Å². The molecule has 0 unspecified atom stereocenters. The SMILES string of the molecule is CCCn1cc(OCc2ccc(CNC3CC3)o2)cn1. The molecule has 0 amide bonds. The van der Waals surface area contributed by atoms with Gasteiger partial charge in [0.05, 0.1) is 18.9 Å². The predicted octanol–water partition coefficient (Wildman–Crippen LogP) is 2.72. The molecule has 0 spiro atoms. The van der Waals surface area contributed by atoms with E-state index in [0.717, 1.165) is 36.8 Å². The Morgan fingerprint density at radius 2 is 2.25 bits per heavy atom. The van der Waals surface area contributed by atoms with E-state index in [9.17, 15) is 0 Å². The van der Waals surface area contributed by atoms with Crippen LogP contribution in [0.4, 0.5) is 0 Å². The van der Waals surface area contributed by atoms with Crippen molar-refractivity contribution in [1.82, 2.24) is 15.1 Å². The summed E-state index contributed by atoms with van der Waals surface area (Å²) in [5.41, 5.74) is 0. The lowest BCUT2D eigenvalue weighted by Gasteiger charge is -2.01. The zero-order chi connectivity index (χ0) is 13.8. The van der Waals surface area contributed by atoms with E-state index in [1.54, 1.807) is 6.20 Å². The number of aryl methyl sites for hydroxylation is 1. The zero-order valence-electron chi connectivity index (χ0n) is 11.8. The van der Waals surface area contributed by atoms with E-state index < -0.39 is 0 Å². The molecule has 0 bridgehead atoms. The molecular weight excluding hydrogens is 254 g/mol. The van der Waals surface area contributed by atoms with Crippen LogP contribution < -0.4 is 10.1 Å². The van der Waals surface area contributed by atoms with Crippen LogP contribution in [-0.2, 0) is 19.7 Å². The van der Waals surface area contributed by atoms with Gasteiger partial charge in [0.15, 0.2) is 5.75 Å². The molecule has 3 rings (SSSR count). The largest absolute Gasteiger partial charge is 0.482 e. The smallest absolute Gasteiger partial charge is 0.157 e. The van der Waals surface area contributed by atoms with Crippen molar-refractivity contribution in [2.45, 2.75) is 51.9 Å². The van der Waals surface area contributed by atoms with Crippen molar-refractivity contribution in [1.29, 1.82) is 0 Å². The summed E-state index contributed by atoms with van der Waals surface area (Å²) in [5, 5.41) is 7.66. The monoisotopic (exact) mass is 275 g/mol. The first kappa shape index (κ1) is 13.2. The molecule has 5 heteroatoms.